The number of methoxy groups -OCH3 is 1. The van der Waals surface area contributed by atoms with Crippen molar-refractivity contribution in [2.45, 2.75) is 38.3 Å². The van der Waals surface area contributed by atoms with Crippen LogP contribution < -0.4 is 4.74 Å². The first-order valence-corrected chi connectivity index (χ1v) is 9.43. The number of ether oxygens (including phenoxy) is 2. The molecule has 2 heterocycles. The van der Waals surface area contributed by atoms with Gasteiger partial charge in [-0.1, -0.05) is 17.7 Å². The highest BCUT2D eigenvalue weighted by Gasteiger charge is 2.61. The number of hydrogen-bond donors (Lipinski definition) is 0. The highest BCUT2D eigenvalue weighted by atomic mass is 35.5. The van der Waals surface area contributed by atoms with Gasteiger partial charge in [-0.3, -0.25) is 4.79 Å². The van der Waals surface area contributed by atoms with Gasteiger partial charge in [0.2, 0.25) is 11.8 Å². The van der Waals surface area contributed by atoms with Crippen molar-refractivity contribution >= 4 is 17.5 Å². The molecule has 1 aliphatic heterocycles. The van der Waals surface area contributed by atoms with E-state index in [9.17, 15) is 4.79 Å². The monoisotopic (exact) mass is 391 g/mol. The Kier molecular flexibility index (Phi) is 4.82. The minimum Gasteiger partial charge on any atom is -0.482 e. The predicted molar refractivity (Wildman–Crippen MR) is 97.4 cm³/mol. The standard InChI is InChI=1S/C19H22ClN3O4/c1-12-3-4-14(20)15(9-12)26-11-17(24)23-8-6-13-5-7-19(13,23)18-22-21-16(27-18)10-25-2/h3-4,9,13H,5-8,10-11H2,1-2H3/t13-,19-/m0/s1. The lowest BCUT2D eigenvalue weighted by Gasteiger charge is -2.46. The zero-order valence-electron chi connectivity index (χ0n) is 15.4. The molecule has 2 aromatic rings. The van der Waals surface area contributed by atoms with E-state index in [-0.39, 0.29) is 19.1 Å². The van der Waals surface area contributed by atoms with Gasteiger partial charge in [0.1, 0.15) is 17.9 Å². The van der Waals surface area contributed by atoms with E-state index in [4.69, 9.17) is 25.5 Å². The summed E-state index contributed by atoms with van der Waals surface area (Å²) in [6.07, 6.45) is 2.80. The van der Waals surface area contributed by atoms with Crippen molar-refractivity contribution in [1.29, 1.82) is 0 Å². The molecule has 0 N–H and O–H groups in total. The Hall–Kier alpha value is -2.12. The van der Waals surface area contributed by atoms with Crippen LogP contribution in [0, 0.1) is 12.8 Å². The largest absolute Gasteiger partial charge is 0.482 e. The number of likely N-dealkylation sites (tertiary alicyclic amines) is 1. The molecule has 1 saturated heterocycles. The molecule has 4 rings (SSSR count). The predicted octanol–water partition coefficient (Wildman–Crippen LogP) is 3.09. The van der Waals surface area contributed by atoms with E-state index in [1.54, 1.807) is 13.2 Å². The molecular weight excluding hydrogens is 370 g/mol. The third-order valence-electron chi connectivity index (χ3n) is 5.58. The van der Waals surface area contributed by atoms with Crippen molar-refractivity contribution in [3.05, 3.63) is 40.6 Å². The smallest absolute Gasteiger partial charge is 0.261 e. The molecule has 2 aliphatic rings. The summed E-state index contributed by atoms with van der Waals surface area (Å²) < 4.78 is 16.6. The van der Waals surface area contributed by atoms with E-state index in [0.717, 1.165) is 24.8 Å². The lowest BCUT2D eigenvalue weighted by atomic mass is 9.67. The summed E-state index contributed by atoms with van der Waals surface area (Å²) in [7, 11) is 1.58. The molecule has 2 atom stereocenters. The minimum absolute atomic E-state index is 0.0727. The van der Waals surface area contributed by atoms with E-state index < -0.39 is 5.54 Å². The third-order valence-corrected chi connectivity index (χ3v) is 5.89. The molecule has 0 radical (unpaired) electrons. The number of aryl methyl sites for hydroxylation is 1. The van der Waals surface area contributed by atoms with E-state index in [1.165, 1.54) is 0 Å². The van der Waals surface area contributed by atoms with E-state index in [2.05, 4.69) is 10.2 Å². The van der Waals surface area contributed by atoms with E-state index >= 15 is 0 Å². The molecule has 8 heteroatoms. The first-order valence-electron chi connectivity index (χ1n) is 9.06. The Morgan fingerprint density at radius 3 is 3.00 bits per heavy atom. The number of carbonyl (C=O) groups is 1. The van der Waals surface area contributed by atoms with Crippen LogP contribution in [-0.4, -0.2) is 41.3 Å². The maximum absolute atomic E-state index is 13.0. The summed E-state index contributed by atoms with van der Waals surface area (Å²) in [6, 6.07) is 5.50. The van der Waals surface area contributed by atoms with Crippen LogP contribution >= 0.6 is 11.6 Å². The third kappa shape index (κ3) is 3.08. The Morgan fingerprint density at radius 1 is 1.41 bits per heavy atom. The van der Waals surface area contributed by atoms with Gasteiger partial charge in [0.15, 0.2) is 6.61 Å². The fourth-order valence-electron chi connectivity index (χ4n) is 4.14. The molecular formula is C19H22ClN3O4. The van der Waals surface area contributed by atoms with Crippen LogP contribution in [0.2, 0.25) is 5.02 Å². The molecule has 1 saturated carbocycles. The Balaban J connectivity index is 1.51. The van der Waals surface area contributed by atoms with E-state index in [1.807, 2.05) is 24.0 Å². The SMILES string of the molecule is COCc1nnc([C@]23CC[C@H]2CCN3C(=O)COc2cc(C)ccc2Cl)o1. The molecule has 2 fully saturated rings. The first-order chi connectivity index (χ1) is 13.0. The second kappa shape index (κ2) is 7.13. The van der Waals surface area contributed by atoms with Crippen LogP contribution in [0.25, 0.3) is 0 Å². The second-order valence-electron chi connectivity index (χ2n) is 7.15. The van der Waals surface area contributed by atoms with Crippen molar-refractivity contribution in [1.82, 2.24) is 15.1 Å². The molecule has 7 nitrogen and oxygen atoms in total. The zero-order chi connectivity index (χ0) is 19.0. The molecule has 144 valence electrons. The maximum atomic E-state index is 13.0. The molecule has 1 aromatic carbocycles. The molecule has 27 heavy (non-hydrogen) atoms. The van der Waals surface area contributed by atoms with Crippen molar-refractivity contribution < 1.29 is 18.7 Å². The van der Waals surface area contributed by atoms with Crippen molar-refractivity contribution in [2.24, 2.45) is 5.92 Å². The van der Waals surface area contributed by atoms with Crippen LogP contribution in [0.4, 0.5) is 0 Å². The number of aromatic nitrogens is 2. The highest BCUT2D eigenvalue weighted by molar-refractivity contribution is 6.32. The lowest BCUT2D eigenvalue weighted by Crippen LogP contribution is -2.55. The van der Waals surface area contributed by atoms with Gasteiger partial charge in [0.25, 0.3) is 5.91 Å². The van der Waals surface area contributed by atoms with Gasteiger partial charge >= 0.3 is 0 Å². The van der Waals surface area contributed by atoms with Gasteiger partial charge in [-0.15, -0.1) is 10.2 Å². The normalized spacial score (nSPS) is 23.8. The quantitative estimate of drug-likeness (QED) is 0.753. The van der Waals surface area contributed by atoms with Crippen LogP contribution in [0.1, 0.15) is 36.6 Å². The summed E-state index contributed by atoms with van der Waals surface area (Å²) >= 11 is 6.16. The molecule has 1 amide bonds. The topological polar surface area (TPSA) is 77.7 Å². The van der Waals surface area contributed by atoms with Gasteiger partial charge in [-0.25, -0.2) is 0 Å². The summed E-state index contributed by atoms with van der Waals surface area (Å²) in [4.78, 5) is 14.8. The summed E-state index contributed by atoms with van der Waals surface area (Å²) in [6.45, 7) is 2.80. The molecule has 0 bridgehead atoms. The van der Waals surface area contributed by atoms with Gasteiger partial charge in [-0.05, 0) is 49.8 Å². The number of hydrogen-bond acceptors (Lipinski definition) is 6. The minimum atomic E-state index is -0.504. The molecule has 1 aromatic heterocycles. The van der Waals surface area contributed by atoms with Crippen LogP contribution in [0.15, 0.2) is 22.6 Å². The first kappa shape index (κ1) is 18.3. The fraction of sp³-hybridized carbons (Fsp3) is 0.526. The van der Waals surface area contributed by atoms with Crippen LogP contribution in [0.5, 0.6) is 5.75 Å². The van der Waals surface area contributed by atoms with Crippen LogP contribution in [0.3, 0.4) is 0 Å². The Bertz CT molecular complexity index is 855. The number of benzene rings is 1. The number of halogens is 1. The van der Waals surface area contributed by atoms with Gasteiger partial charge in [0, 0.05) is 13.7 Å². The average molecular weight is 392 g/mol. The van der Waals surface area contributed by atoms with Gasteiger partial charge in [0.05, 0.1) is 5.02 Å². The Morgan fingerprint density at radius 2 is 2.26 bits per heavy atom. The van der Waals surface area contributed by atoms with E-state index in [0.29, 0.717) is 35.0 Å². The number of carbonyl (C=O) groups excluding carboxylic acids is 1. The number of rotatable bonds is 6. The lowest BCUT2D eigenvalue weighted by molar-refractivity contribution is -0.144. The Labute approximate surface area is 162 Å². The molecule has 1 aliphatic carbocycles. The summed E-state index contributed by atoms with van der Waals surface area (Å²) in [5.74, 6) is 1.70. The zero-order valence-corrected chi connectivity index (χ0v) is 16.2. The highest BCUT2D eigenvalue weighted by Crippen LogP contribution is 2.56. The summed E-state index contributed by atoms with van der Waals surface area (Å²) in [5.41, 5.74) is 0.519. The second-order valence-corrected chi connectivity index (χ2v) is 7.56. The van der Waals surface area contributed by atoms with Crippen molar-refractivity contribution in [2.75, 3.05) is 20.3 Å². The van der Waals surface area contributed by atoms with Gasteiger partial charge < -0.3 is 18.8 Å². The van der Waals surface area contributed by atoms with Gasteiger partial charge in [-0.2, -0.15) is 0 Å². The number of fused-ring (bicyclic) bond motifs is 1. The molecule has 0 spiro atoms. The molecule has 0 unspecified atom stereocenters. The van der Waals surface area contributed by atoms with Crippen LogP contribution in [-0.2, 0) is 21.7 Å². The fourth-order valence-corrected chi connectivity index (χ4v) is 4.31. The average Bonchev–Trinajstić information content (AvgIpc) is 3.18. The van der Waals surface area contributed by atoms with Crippen molar-refractivity contribution in [3.8, 4) is 5.75 Å². The number of nitrogens with zero attached hydrogens (tertiary/aromatic N) is 3. The number of amides is 1. The summed E-state index contributed by atoms with van der Waals surface area (Å²) in [5, 5.41) is 8.75. The maximum Gasteiger partial charge on any atom is 0.261 e. The van der Waals surface area contributed by atoms with Crippen molar-refractivity contribution in [3.63, 3.8) is 0 Å².